The Bertz CT molecular complexity index is 759. The molecule has 0 saturated carbocycles. The smallest absolute Gasteiger partial charge is 0.230 e. The lowest BCUT2D eigenvalue weighted by Crippen LogP contribution is -2.24. The quantitative estimate of drug-likeness (QED) is 0.588. The fraction of sp³-hybridized carbons (Fsp3) is 0.188. The highest BCUT2D eigenvalue weighted by atomic mass is 32.2. The van der Waals surface area contributed by atoms with Crippen LogP contribution in [0.1, 0.15) is 10.4 Å². The molecule has 0 radical (unpaired) electrons. The van der Waals surface area contributed by atoms with E-state index >= 15 is 0 Å². The van der Waals surface area contributed by atoms with Gasteiger partial charge in [-0.1, -0.05) is 59.5 Å². The van der Waals surface area contributed by atoms with Gasteiger partial charge in [-0.2, -0.15) is 0 Å². The Morgan fingerprint density at radius 3 is 2.75 bits per heavy atom. The van der Waals surface area contributed by atoms with Gasteiger partial charge in [-0.05, 0) is 17.0 Å². The molecule has 0 fully saturated rings. The van der Waals surface area contributed by atoms with Gasteiger partial charge in [-0.3, -0.25) is 4.79 Å². The van der Waals surface area contributed by atoms with Gasteiger partial charge < -0.3 is 10.6 Å². The number of rotatable bonds is 8. The van der Waals surface area contributed by atoms with Crippen LogP contribution in [0, 0.1) is 0 Å². The number of benzene rings is 1. The van der Waals surface area contributed by atoms with Gasteiger partial charge in [0.05, 0.1) is 12.3 Å². The molecule has 0 aliphatic heterocycles. The van der Waals surface area contributed by atoms with E-state index in [4.69, 9.17) is 0 Å². The van der Waals surface area contributed by atoms with Crippen LogP contribution in [0.5, 0.6) is 0 Å². The molecule has 124 valence electrons. The lowest BCUT2D eigenvalue weighted by atomic mass is 10.2. The maximum atomic E-state index is 11.8. The topological polar surface area (TPSA) is 66.9 Å². The van der Waals surface area contributed by atoms with Crippen LogP contribution in [0.3, 0.4) is 0 Å². The van der Waals surface area contributed by atoms with E-state index in [1.807, 2.05) is 35.7 Å². The summed E-state index contributed by atoms with van der Waals surface area (Å²) in [5.41, 5.74) is 1.19. The van der Waals surface area contributed by atoms with E-state index in [-0.39, 0.29) is 5.91 Å². The standard InChI is InChI=1S/C16H16N4OS3/c21-14(17-10-13-7-4-8-22-13)11-23-16-20-19-15(24-16)18-9-12-5-2-1-3-6-12/h1-8H,9-11H2,(H,17,21)(H,18,19). The van der Waals surface area contributed by atoms with Gasteiger partial charge in [0.25, 0.3) is 0 Å². The van der Waals surface area contributed by atoms with Crippen molar-refractivity contribution in [3.63, 3.8) is 0 Å². The predicted molar refractivity (Wildman–Crippen MR) is 101 cm³/mol. The molecule has 0 atom stereocenters. The van der Waals surface area contributed by atoms with Crippen LogP contribution in [0.15, 0.2) is 52.2 Å². The maximum absolute atomic E-state index is 11.8. The molecule has 0 saturated heterocycles. The van der Waals surface area contributed by atoms with Crippen molar-refractivity contribution in [3.8, 4) is 0 Å². The van der Waals surface area contributed by atoms with Crippen LogP contribution in [0.25, 0.3) is 0 Å². The fourth-order valence-corrected chi connectivity index (χ4v) is 4.11. The first-order chi connectivity index (χ1) is 11.8. The van der Waals surface area contributed by atoms with Gasteiger partial charge in [-0.25, -0.2) is 0 Å². The summed E-state index contributed by atoms with van der Waals surface area (Å²) in [5.74, 6) is 0.348. The van der Waals surface area contributed by atoms with Gasteiger partial charge in [0, 0.05) is 11.4 Å². The predicted octanol–water partition coefficient (Wildman–Crippen LogP) is 3.62. The minimum absolute atomic E-state index is 0.00222. The molecule has 2 aromatic heterocycles. The van der Waals surface area contributed by atoms with Gasteiger partial charge in [0.1, 0.15) is 0 Å². The Balaban J connectivity index is 1.40. The summed E-state index contributed by atoms with van der Waals surface area (Å²) in [6, 6.07) is 14.1. The summed E-state index contributed by atoms with van der Waals surface area (Å²) in [6.07, 6.45) is 0. The second-order valence-electron chi connectivity index (χ2n) is 4.86. The zero-order valence-corrected chi connectivity index (χ0v) is 15.2. The first-order valence-corrected chi connectivity index (χ1v) is 10.0. The van der Waals surface area contributed by atoms with Crippen LogP contribution in [0.2, 0.25) is 0 Å². The number of nitrogens with one attached hydrogen (secondary N) is 2. The van der Waals surface area contributed by atoms with Gasteiger partial charge in [0.15, 0.2) is 4.34 Å². The van der Waals surface area contributed by atoms with Crippen molar-refractivity contribution in [2.24, 2.45) is 0 Å². The van der Waals surface area contributed by atoms with Crippen LogP contribution in [-0.4, -0.2) is 21.9 Å². The molecule has 3 aromatic rings. The van der Waals surface area contributed by atoms with Crippen molar-refractivity contribution in [2.45, 2.75) is 17.4 Å². The van der Waals surface area contributed by atoms with Gasteiger partial charge in [0.2, 0.25) is 11.0 Å². The van der Waals surface area contributed by atoms with E-state index in [9.17, 15) is 4.79 Å². The molecule has 0 aliphatic rings. The highest BCUT2D eigenvalue weighted by Crippen LogP contribution is 2.25. The summed E-state index contributed by atoms with van der Waals surface area (Å²) < 4.78 is 0.789. The molecule has 0 unspecified atom stereocenters. The number of thioether (sulfide) groups is 1. The fourth-order valence-electron chi connectivity index (χ4n) is 1.89. The van der Waals surface area contributed by atoms with Crippen LogP contribution < -0.4 is 10.6 Å². The third-order valence-electron chi connectivity index (χ3n) is 3.06. The summed E-state index contributed by atoms with van der Waals surface area (Å²) in [6.45, 7) is 1.29. The number of hydrogen-bond donors (Lipinski definition) is 2. The number of aromatic nitrogens is 2. The lowest BCUT2D eigenvalue weighted by Gasteiger charge is -2.02. The Morgan fingerprint density at radius 1 is 1.08 bits per heavy atom. The number of anilines is 1. The average Bonchev–Trinajstić information content (AvgIpc) is 3.29. The number of carbonyl (C=O) groups excluding carboxylic acids is 1. The van der Waals surface area contributed by atoms with Crippen molar-refractivity contribution < 1.29 is 4.79 Å². The van der Waals surface area contributed by atoms with Gasteiger partial charge in [-0.15, -0.1) is 21.5 Å². The SMILES string of the molecule is O=C(CSc1nnc(NCc2ccccc2)s1)NCc1cccs1. The molecule has 2 N–H and O–H groups in total. The molecular weight excluding hydrogens is 360 g/mol. The van der Waals surface area contributed by atoms with Gasteiger partial charge >= 0.3 is 0 Å². The van der Waals surface area contributed by atoms with Crippen LogP contribution in [0.4, 0.5) is 5.13 Å². The van der Waals surface area contributed by atoms with Crippen molar-refractivity contribution in [1.82, 2.24) is 15.5 Å². The second-order valence-corrected chi connectivity index (χ2v) is 8.09. The van der Waals surface area contributed by atoms with E-state index in [0.29, 0.717) is 18.8 Å². The van der Waals surface area contributed by atoms with Crippen LogP contribution >= 0.6 is 34.4 Å². The minimum Gasteiger partial charge on any atom is -0.356 e. The van der Waals surface area contributed by atoms with Crippen LogP contribution in [-0.2, 0) is 17.9 Å². The summed E-state index contributed by atoms with van der Waals surface area (Å²) in [5, 5.41) is 17.1. The highest BCUT2D eigenvalue weighted by Gasteiger charge is 2.08. The van der Waals surface area contributed by atoms with E-state index in [0.717, 1.165) is 14.3 Å². The minimum atomic E-state index is 0.00222. The van der Waals surface area contributed by atoms with Crippen molar-refractivity contribution in [3.05, 3.63) is 58.3 Å². The largest absolute Gasteiger partial charge is 0.356 e. The lowest BCUT2D eigenvalue weighted by molar-refractivity contribution is -0.118. The molecule has 1 amide bonds. The van der Waals surface area contributed by atoms with Crippen molar-refractivity contribution >= 4 is 45.5 Å². The summed E-state index contributed by atoms with van der Waals surface area (Å²) >= 11 is 4.50. The Hall–Kier alpha value is -1.90. The zero-order valence-electron chi connectivity index (χ0n) is 12.8. The zero-order chi connectivity index (χ0) is 16.6. The molecule has 0 bridgehead atoms. The molecule has 0 spiro atoms. The third-order valence-corrected chi connectivity index (χ3v) is 5.95. The first-order valence-electron chi connectivity index (χ1n) is 7.33. The molecular formula is C16H16N4OS3. The molecule has 2 heterocycles. The number of nitrogens with zero attached hydrogens (tertiary/aromatic N) is 2. The van der Waals surface area contributed by atoms with Crippen molar-refractivity contribution in [1.29, 1.82) is 0 Å². The number of amides is 1. The average molecular weight is 377 g/mol. The van der Waals surface area contributed by atoms with Crippen molar-refractivity contribution in [2.75, 3.05) is 11.1 Å². The second kappa shape index (κ2) is 8.81. The maximum Gasteiger partial charge on any atom is 0.230 e. The summed E-state index contributed by atoms with van der Waals surface area (Å²) in [4.78, 5) is 13.0. The Labute approximate surface area is 152 Å². The Kier molecular flexibility index (Phi) is 6.22. The highest BCUT2D eigenvalue weighted by molar-refractivity contribution is 8.01. The van der Waals surface area contributed by atoms with E-state index < -0.39 is 0 Å². The third kappa shape index (κ3) is 5.33. The number of hydrogen-bond acceptors (Lipinski definition) is 7. The molecule has 8 heteroatoms. The molecule has 3 rings (SSSR count). The molecule has 1 aromatic carbocycles. The number of carbonyl (C=O) groups is 1. The number of thiophene rings is 1. The first kappa shape index (κ1) is 16.9. The van der Waals surface area contributed by atoms with E-state index in [2.05, 4.69) is 33.0 Å². The molecule has 0 aliphatic carbocycles. The molecule has 24 heavy (non-hydrogen) atoms. The van der Waals surface area contributed by atoms with E-state index in [1.165, 1.54) is 28.7 Å². The van der Waals surface area contributed by atoms with E-state index in [1.54, 1.807) is 11.3 Å². The Morgan fingerprint density at radius 2 is 1.96 bits per heavy atom. The monoisotopic (exact) mass is 376 g/mol. The summed E-state index contributed by atoms with van der Waals surface area (Å²) in [7, 11) is 0. The normalized spacial score (nSPS) is 10.5. The molecule has 5 nitrogen and oxygen atoms in total.